The molecule has 11 heteroatoms. The summed E-state index contributed by atoms with van der Waals surface area (Å²) in [5.41, 5.74) is 4.64. The largest absolute Gasteiger partial charge is 0.416 e. The number of benzene rings is 1. The number of anilines is 2. The van der Waals surface area contributed by atoms with Crippen molar-refractivity contribution in [1.82, 2.24) is 9.80 Å². The van der Waals surface area contributed by atoms with Crippen LogP contribution in [0.3, 0.4) is 0 Å². The van der Waals surface area contributed by atoms with Crippen LogP contribution >= 0.6 is 0 Å². The number of carbonyl (C=O) groups is 3. The third kappa shape index (κ3) is 4.41. The first-order valence-corrected chi connectivity index (χ1v) is 9.59. The Bertz CT molecular complexity index is 852. The van der Waals surface area contributed by atoms with Gasteiger partial charge in [-0.15, -0.1) is 0 Å². The number of halogens is 3. The molecule has 1 aromatic carbocycles. The summed E-state index contributed by atoms with van der Waals surface area (Å²) < 4.78 is 39.0. The van der Waals surface area contributed by atoms with Gasteiger partial charge in [0.1, 0.15) is 6.54 Å². The van der Waals surface area contributed by atoms with Crippen molar-refractivity contribution in [2.24, 2.45) is 5.73 Å². The fraction of sp³-hybridized carbons (Fsp3) is 0.526. The summed E-state index contributed by atoms with van der Waals surface area (Å²) in [5, 5.41) is 2.41. The molecule has 0 aromatic heterocycles. The smallest absolute Gasteiger partial charge is 0.368 e. The second kappa shape index (κ2) is 8.23. The second-order valence-corrected chi connectivity index (χ2v) is 7.53. The molecule has 3 N–H and O–H groups in total. The van der Waals surface area contributed by atoms with Crippen LogP contribution in [0.4, 0.5) is 24.5 Å². The number of alkyl halides is 3. The van der Waals surface area contributed by atoms with E-state index >= 15 is 0 Å². The SMILES string of the molecule is C[C@@H](C(N)=O)N1CCN([C@@H](C)C(=O)N2CC(=O)Nc3cc(C(F)(F)F)ccc32)CC1. The Kier molecular flexibility index (Phi) is 6.04. The van der Waals surface area contributed by atoms with Crippen LogP contribution < -0.4 is 16.0 Å². The van der Waals surface area contributed by atoms with Gasteiger partial charge in [0.2, 0.25) is 17.7 Å². The highest BCUT2D eigenvalue weighted by atomic mass is 19.4. The molecule has 2 aliphatic heterocycles. The molecule has 2 aliphatic rings. The Morgan fingerprint density at radius 3 is 2.17 bits per heavy atom. The van der Waals surface area contributed by atoms with E-state index in [1.807, 2.05) is 9.80 Å². The minimum Gasteiger partial charge on any atom is -0.368 e. The third-order valence-corrected chi connectivity index (χ3v) is 5.67. The summed E-state index contributed by atoms with van der Waals surface area (Å²) in [7, 11) is 0. The van der Waals surface area contributed by atoms with E-state index in [0.717, 1.165) is 12.1 Å². The van der Waals surface area contributed by atoms with Gasteiger partial charge in [0, 0.05) is 26.2 Å². The lowest BCUT2D eigenvalue weighted by molar-refractivity contribution is -0.137. The van der Waals surface area contributed by atoms with Crippen LogP contribution in [0.15, 0.2) is 18.2 Å². The Hall–Kier alpha value is -2.66. The maximum absolute atomic E-state index is 13.1. The lowest BCUT2D eigenvalue weighted by atomic mass is 10.1. The predicted octanol–water partition coefficient (Wildman–Crippen LogP) is 0.870. The quantitative estimate of drug-likeness (QED) is 0.743. The molecule has 0 radical (unpaired) electrons. The Morgan fingerprint density at radius 2 is 1.63 bits per heavy atom. The molecule has 1 saturated heterocycles. The first-order valence-electron chi connectivity index (χ1n) is 9.59. The number of fused-ring (bicyclic) bond motifs is 1. The van der Waals surface area contributed by atoms with E-state index in [9.17, 15) is 27.6 Å². The average Bonchev–Trinajstić information content (AvgIpc) is 2.70. The van der Waals surface area contributed by atoms with Gasteiger partial charge in [0.15, 0.2) is 0 Å². The van der Waals surface area contributed by atoms with Gasteiger partial charge in [-0.3, -0.25) is 29.1 Å². The highest BCUT2D eigenvalue weighted by Gasteiger charge is 2.37. The zero-order valence-electron chi connectivity index (χ0n) is 16.7. The Morgan fingerprint density at radius 1 is 1.07 bits per heavy atom. The molecule has 0 aliphatic carbocycles. The lowest BCUT2D eigenvalue weighted by Gasteiger charge is -2.41. The van der Waals surface area contributed by atoms with Gasteiger partial charge in [0.25, 0.3) is 0 Å². The van der Waals surface area contributed by atoms with E-state index in [4.69, 9.17) is 5.73 Å². The van der Waals surface area contributed by atoms with Gasteiger partial charge in [-0.05, 0) is 32.0 Å². The standard InChI is InChI=1S/C19H24F3N5O3/c1-11(17(23)29)25-5-7-26(8-6-25)12(2)18(30)27-10-16(28)24-14-9-13(19(20,21)22)3-4-15(14)27/h3-4,9,11-12H,5-8,10H2,1-2H3,(H2,23,29)(H,24,28)/t11-,12-/m0/s1. The molecule has 0 spiro atoms. The second-order valence-electron chi connectivity index (χ2n) is 7.53. The topological polar surface area (TPSA) is 99.0 Å². The van der Waals surface area contributed by atoms with Gasteiger partial charge >= 0.3 is 6.18 Å². The van der Waals surface area contributed by atoms with Crippen molar-refractivity contribution in [3.05, 3.63) is 23.8 Å². The van der Waals surface area contributed by atoms with Crippen LogP contribution in [0.1, 0.15) is 19.4 Å². The highest BCUT2D eigenvalue weighted by Crippen LogP contribution is 2.37. The minimum atomic E-state index is -4.55. The molecule has 3 rings (SSSR count). The van der Waals surface area contributed by atoms with Crippen molar-refractivity contribution in [2.45, 2.75) is 32.1 Å². The van der Waals surface area contributed by atoms with E-state index in [1.54, 1.807) is 13.8 Å². The van der Waals surface area contributed by atoms with Gasteiger partial charge < -0.3 is 11.1 Å². The molecule has 3 amide bonds. The van der Waals surface area contributed by atoms with Crippen LogP contribution in [0.25, 0.3) is 0 Å². The first-order chi connectivity index (χ1) is 14.0. The van der Waals surface area contributed by atoms with Gasteiger partial charge in [0.05, 0.1) is 29.0 Å². The maximum Gasteiger partial charge on any atom is 0.416 e. The Balaban J connectivity index is 1.74. The number of amides is 3. The average molecular weight is 427 g/mol. The van der Waals surface area contributed by atoms with E-state index in [-0.39, 0.29) is 23.8 Å². The van der Waals surface area contributed by atoms with Crippen molar-refractivity contribution in [3.8, 4) is 0 Å². The molecule has 0 unspecified atom stereocenters. The van der Waals surface area contributed by atoms with E-state index in [0.29, 0.717) is 26.2 Å². The van der Waals surface area contributed by atoms with Crippen LogP contribution in [-0.2, 0) is 20.6 Å². The summed E-state index contributed by atoms with van der Waals surface area (Å²) in [5.74, 6) is -1.34. The van der Waals surface area contributed by atoms with Crippen molar-refractivity contribution in [2.75, 3.05) is 42.9 Å². The van der Waals surface area contributed by atoms with Crippen LogP contribution in [0, 0.1) is 0 Å². The number of carbonyl (C=O) groups excluding carboxylic acids is 3. The normalized spacial score (nSPS) is 20.3. The number of primary amides is 1. The van der Waals surface area contributed by atoms with Gasteiger partial charge in [-0.25, -0.2) is 0 Å². The highest BCUT2D eigenvalue weighted by molar-refractivity contribution is 6.11. The fourth-order valence-corrected chi connectivity index (χ4v) is 3.74. The summed E-state index contributed by atoms with van der Waals surface area (Å²) in [4.78, 5) is 41.6. The van der Waals surface area contributed by atoms with Crippen LogP contribution in [0.5, 0.6) is 0 Å². The maximum atomic E-state index is 13.1. The molecule has 8 nitrogen and oxygen atoms in total. The number of nitrogens with one attached hydrogen (secondary N) is 1. The predicted molar refractivity (Wildman–Crippen MR) is 104 cm³/mol. The first kappa shape index (κ1) is 22.0. The number of hydrogen-bond acceptors (Lipinski definition) is 5. The van der Waals surface area contributed by atoms with Crippen molar-refractivity contribution in [3.63, 3.8) is 0 Å². The molecule has 1 fully saturated rings. The van der Waals surface area contributed by atoms with Gasteiger partial charge in [-0.2, -0.15) is 13.2 Å². The molecule has 164 valence electrons. The molecule has 1 aromatic rings. The lowest BCUT2D eigenvalue weighted by Crippen LogP contribution is -2.58. The zero-order chi connectivity index (χ0) is 22.2. The van der Waals surface area contributed by atoms with Crippen LogP contribution in [-0.4, -0.2) is 72.3 Å². The fourth-order valence-electron chi connectivity index (χ4n) is 3.74. The molecule has 0 bridgehead atoms. The monoisotopic (exact) mass is 427 g/mol. The van der Waals surface area contributed by atoms with E-state index < -0.39 is 35.6 Å². The van der Waals surface area contributed by atoms with E-state index in [1.165, 1.54) is 11.0 Å². The number of nitrogens with zero attached hydrogens (tertiary/aromatic N) is 3. The third-order valence-electron chi connectivity index (χ3n) is 5.67. The Labute approximate surface area is 171 Å². The number of nitrogens with two attached hydrogens (primary N) is 1. The molecule has 2 atom stereocenters. The van der Waals surface area contributed by atoms with Crippen molar-refractivity contribution in [1.29, 1.82) is 0 Å². The summed E-state index contributed by atoms with van der Waals surface area (Å²) in [6.45, 7) is 5.30. The van der Waals surface area contributed by atoms with Crippen molar-refractivity contribution < 1.29 is 27.6 Å². The van der Waals surface area contributed by atoms with Gasteiger partial charge in [-0.1, -0.05) is 0 Å². The molecular formula is C19H24F3N5O3. The number of piperazine rings is 1. The summed E-state index contributed by atoms with van der Waals surface area (Å²) in [6.07, 6.45) is -4.55. The number of hydrogen-bond donors (Lipinski definition) is 2. The summed E-state index contributed by atoms with van der Waals surface area (Å²) in [6, 6.07) is 1.94. The summed E-state index contributed by atoms with van der Waals surface area (Å²) >= 11 is 0. The van der Waals surface area contributed by atoms with Crippen LogP contribution in [0.2, 0.25) is 0 Å². The minimum absolute atomic E-state index is 0.0401. The molecular weight excluding hydrogens is 403 g/mol. The van der Waals surface area contributed by atoms with E-state index in [2.05, 4.69) is 5.32 Å². The molecule has 2 heterocycles. The number of rotatable bonds is 4. The molecule has 0 saturated carbocycles. The molecule has 30 heavy (non-hydrogen) atoms. The zero-order valence-corrected chi connectivity index (χ0v) is 16.7. The van der Waals surface area contributed by atoms with Crippen molar-refractivity contribution >= 4 is 29.1 Å².